The number of thioether (sulfide) groups is 1. The minimum Gasteiger partial charge on any atom is -0.298 e. The smallest absolute Gasteiger partial charge is 0.148 e. The van der Waals surface area contributed by atoms with Crippen molar-refractivity contribution in [2.75, 3.05) is 0 Å². The van der Waals surface area contributed by atoms with Crippen LogP contribution in [0.2, 0.25) is 0 Å². The molecule has 1 heterocycles. The van der Waals surface area contributed by atoms with Crippen LogP contribution < -0.4 is 0 Å². The van der Waals surface area contributed by atoms with E-state index in [4.69, 9.17) is 0 Å². The molecule has 1 nitrogen and oxygen atoms in total. The van der Waals surface area contributed by atoms with Crippen LogP contribution in [0.4, 0.5) is 0 Å². The zero-order valence-electron chi connectivity index (χ0n) is 14.8. The lowest BCUT2D eigenvalue weighted by Crippen LogP contribution is -2.70. The van der Waals surface area contributed by atoms with E-state index in [0.29, 0.717) is 5.78 Å². The summed E-state index contributed by atoms with van der Waals surface area (Å²) in [7, 11) is 3.89. The van der Waals surface area contributed by atoms with E-state index in [2.05, 4.69) is 76.2 Å². The second kappa shape index (κ2) is 4.71. The molecule has 2 aromatic carbocycles. The molecule has 1 aliphatic heterocycles. The summed E-state index contributed by atoms with van der Waals surface area (Å²) in [6, 6.07) is 17.6. The molecule has 25 heavy (non-hydrogen) atoms. The molecular formula is C21H20OS3. The summed E-state index contributed by atoms with van der Waals surface area (Å²) in [5.74, 6) is 0.386. The molecule has 0 aromatic heterocycles. The molecular weight excluding hydrogens is 364 g/mol. The highest BCUT2D eigenvalue weighted by Crippen LogP contribution is 2.85. The molecule has 0 unspecified atom stereocenters. The van der Waals surface area contributed by atoms with Crippen molar-refractivity contribution in [3.8, 4) is 11.1 Å². The topological polar surface area (TPSA) is 17.1 Å². The Morgan fingerprint density at radius 2 is 1.20 bits per heavy atom. The Balaban J connectivity index is 1.74. The van der Waals surface area contributed by atoms with Crippen LogP contribution in [-0.2, 0) is 8.87 Å². The molecule has 2 aromatic rings. The van der Waals surface area contributed by atoms with E-state index >= 15 is 0 Å². The highest BCUT2D eigenvalue weighted by atomic mass is 33.1. The Morgan fingerprint density at radius 1 is 0.720 bits per heavy atom. The third-order valence-corrected chi connectivity index (χ3v) is 13.6. The predicted octanol–water partition coefficient (Wildman–Crippen LogP) is 6.33. The number of carbonyl (C=O) groups excluding carboxylic acids is 1. The molecule has 2 aliphatic carbocycles. The first-order valence-corrected chi connectivity index (χ1v) is 11.6. The van der Waals surface area contributed by atoms with Crippen LogP contribution in [-0.4, -0.2) is 9.86 Å². The Morgan fingerprint density at radius 3 is 1.72 bits per heavy atom. The molecule has 4 heteroatoms. The fourth-order valence-electron chi connectivity index (χ4n) is 4.97. The summed E-state index contributed by atoms with van der Waals surface area (Å²) in [5.41, 5.74) is 4.85. The fourth-order valence-corrected chi connectivity index (χ4v) is 12.9. The van der Waals surface area contributed by atoms with Crippen molar-refractivity contribution in [2.45, 2.75) is 35.9 Å². The molecule has 1 saturated heterocycles. The van der Waals surface area contributed by atoms with E-state index in [1.165, 1.54) is 22.3 Å². The zero-order valence-corrected chi connectivity index (χ0v) is 17.2. The first-order chi connectivity index (χ1) is 11.8. The summed E-state index contributed by atoms with van der Waals surface area (Å²) in [6.45, 7) is 8.53. The largest absolute Gasteiger partial charge is 0.298 e. The number of fused-ring (bicyclic) bond motifs is 5. The Kier molecular flexibility index (Phi) is 3.08. The third kappa shape index (κ3) is 1.61. The van der Waals surface area contributed by atoms with Crippen molar-refractivity contribution in [3.05, 3.63) is 59.7 Å². The van der Waals surface area contributed by atoms with Crippen molar-refractivity contribution in [1.82, 2.24) is 0 Å². The molecule has 2 spiro atoms. The lowest BCUT2D eigenvalue weighted by molar-refractivity contribution is -0.152. The lowest BCUT2D eigenvalue weighted by Gasteiger charge is -2.62. The Labute approximate surface area is 161 Å². The second-order valence-electron chi connectivity index (χ2n) is 8.17. The van der Waals surface area contributed by atoms with Gasteiger partial charge in [0.05, 0.1) is 4.08 Å². The maximum atomic E-state index is 12.8. The van der Waals surface area contributed by atoms with Gasteiger partial charge in [-0.25, -0.2) is 0 Å². The minimum atomic E-state index is -0.311. The summed E-state index contributed by atoms with van der Waals surface area (Å²) in [5, 5.41) is 0. The number of hydrogen-bond donors (Lipinski definition) is 0. The van der Waals surface area contributed by atoms with Gasteiger partial charge in [-0.1, -0.05) is 97.8 Å². The molecule has 0 radical (unpaired) electrons. The van der Waals surface area contributed by atoms with Crippen molar-refractivity contribution in [1.29, 1.82) is 0 Å². The minimum absolute atomic E-state index is 0.105. The maximum absolute atomic E-state index is 12.8. The number of carbonyl (C=O) groups is 1. The van der Waals surface area contributed by atoms with Gasteiger partial charge in [0.1, 0.15) is 9.86 Å². The van der Waals surface area contributed by atoms with Gasteiger partial charge < -0.3 is 0 Å². The van der Waals surface area contributed by atoms with Crippen LogP contribution in [0.15, 0.2) is 48.5 Å². The number of benzene rings is 2. The van der Waals surface area contributed by atoms with Gasteiger partial charge in [-0.2, -0.15) is 0 Å². The van der Waals surface area contributed by atoms with Gasteiger partial charge in [-0.15, -0.1) is 11.8 Å². The molecule has 0 atom stereocenters. The molecule has 0 amide bonds. The van der Waals surface area contributed by atoms with Crippen LogP contribution in [0, 0.1) is 10.8 Å². The lowest BCUT2D eigenvalue weighted by atomic mass is 9.53. The molecule has 0 N–H and O–H groups in total. The van der Waals surface area contributed by atoms with E-state index in [0.717, 1.165) is 0 Å². The van der Waals surface area contributed by atoms with Gasteiger partial charge in [-0.3, -0.25) is 4.79 Å². The molecule has 1 saturated carbocycles. The first-order valence-electron chi connectivity index (χ1n) is 8.59. The Bertz CT molecular complexity index is 865. The van der Waals surface area contributed by atoms with Crippen LogP contribution in [0.3, 0.4) is 0 Å². The van der Waals surface area contributed by atoms with Crippen molar-refractivity contribution >= 4 is 39.1 Å². The first kappa shape index (κ1) is 16.3. The van der Waals surface area contributed by atoms with Gasteiger partial charge >= 0.3 is 0 Å². The van der Waals surface area contributed by atoms with Gasteiger partial charge in [0.2, 0.25) is 0 Å². The highest BCUT2D eigenvalue weighted by Gasteiger charge is 2.78. The van der Waals surface area contributed by atoms with E-state index < -0.39 is 0 Å². The SMILES string of the molecule is CC1(C)C(=O)C(C)(C)C12SSC1(S2)c2ccccc2-c2ccccc21. The van der Waals surface area contributed by atoms with Crippen molar-refractivity contribution < 1.29 is 4.79 Å². The summed E-state index contributed by atoms with van der Waals surface area (Å²) >= 11 is 2.02. The molecule has 3 aliphatic rings. The van der Waals surface area contributed by atoms with E-state index in [9.17, 15) is 4.79 Å². The summed E-state index contributed by atoms with van der Waals surface area (Å²) < 4.78 is -0.223. The van der Waals surface area contributed by atoms with Crippen LogP contribution in [0.25, 0.3) is 11.1 Å². The van der Waals surface area contributed by atoms with Gasteiger partial charge in [-0.05, 0) is 22.3 Å². The predicted molar refractivity (Wildman–Crippen MR) is 111 cm³/mol. The van der Waals surface area contributed by atoms with Crippen LogP contribution in [0.5, 0.6) is 0 Å². The zero-order chi connectivity index (χ0) is 17.7. The average molecular weight is 385 g/mol. The quantitative estimate of drug-likeness (QED) is 0.494. The van der Waals surface area contributed by atoms with E-state index in [1.54, 1.807) is 0 Å². The standard InChI is InChI=1S/C21H20OS3/c1-18(2)17(22)19(3,4)21(18)23-20(24-25-21)15-11-7-5-9-13(15)14-10-6-8-12-16(14)20/h5-12H,1-4H3. The van der Waals surface area contributed by atoms with Crippen molar-refractivity contribution in [3.63, 3.8) is 0 Å². The third-order valence-electron chi connectivity index (χ3n) is 6.20. The van der Waals surface area contributed by atoms with Gasteiger partial charge in [0, 0.05) is 10.8 Å². The molecule has 5 rings (SSSR count). The van der Waals surface area contributed by atoms with E-state index in [1.807, 2.05) is 33.3 Å². The van der Waals surface area contributed by atoms with Crippen molar-refractivity contribution in [2.24, 2.45) is 10.8 Å². The maximum Gasteiger partial charge on any atom is 0.148 e. The van der Waals surface area contributed by atoms with Gasteiger partial charge in [0.25, 0.3) is 0 Å². The van der Waals surface area contributed by atoms with Gasteiger partial charge in [0.15, 0.2) is 0 Å². The summed E-state index contributed by atoms with van der Waals surface area (Å²) in [4.78, 5) is 12.8. The molecule has 2 fully saturated rings. The average Bonchev–Trinajstić information content (AvgIpc) is 3.16. The normalized spacial score (nSPS) is 25.7. The number of ketones is 1. The van der Waals surface area contributed by atoms with Crippen LogP contribution in [0.1, 0.15) is 38.8 Å². The molecule has 128 valence electrons. The number of hydrogen-bond acceptors (Lipinski definition) is 4. The second-order valence-corrected chi connectivity index (χ2v) is 12.7. The fraction of sp³-hybridized carbons (Fsp3) is 0.381. The monoisotopic (exact) mass is 384 g/mol. The summed E-state index contributed by atoms with van der Waals surface area (Å²) in [6.07, 6.45) is 0. The highest BCUT2D eigenvalue weighted by molar-refractivity contribution is 8.83. The molecule has 0 bridgehead atoms. The van der Waals surface area contributed by atoms with E-state index in [-0.39, 0.29) is 19.0 Å². The Hall–Kier alpha value is -0.840. The van der Waals surface area contributed by atoms with Crippen LogP contribution >= 0.6 is 33.3 Å². The number of rotatable bonds is 0. The number of Topliss-reactive ketones (excluding diaryl/α,β-unsaturated/α-hetero) is 1.